The molecule has 2 heterocycles. The van der Waals surface area contributed by atoms with E-state index in [1.54, 1.807) is 23.4 Å². The van der Waals surface area contributed by atoms with Gasteiger partial charge >= 0.3 is 0 Å². The molecule has 0 radical (unpaired) electrons. The molecule has 0 aliphatic carbocycles. The number of hydrogen-bond donors (Lipinski definition) is 4. The number of pyridine rings is 1. The third-order valence-electron chi connectivity index (χ3n) is 4.80. The van der Waals surface area contributed by atoms with Crippen molar-refractivity contribution in [1.82, 2.24) is 20.7 Å². The number of H-pyrrole nitrogens is 1. The molecule has 8 heteroatoms. The molecule has 0 aliphatic rings. The van der Waals surface area contributed by atoms with Gasteiger partial charge in [-0.25, -0.2) is 5.48 Å². The Labute approximate surface area is 189 Å². The lowest BCUT2D eigenvalue weighted by Crippen LogP contribution is -2.19. The number of rotatable bonds is 9. The highest BCUT2D eigenvalue weighted by Gasteiger charge is 2.08. The van der Waals surface area contributed by atoms with Crippen LogP contribution in [0.3, 0.4) is 0 Å². The largest absolute Gasteiger partial charge is 0.384 e. The third-order valence-corrected chi connectivity index (χ3v) is 5.86. The van der Waals surface area contributed by atoms with Crippen LogP contribution < -0.4 is 10.8 Å². The Morgan fingerprint density at radius 3 is 2.81 bits per heavy atom. The third kappa shape index (κ3) is 5.54. The summed E-state index contributed by atoms with van der Waals surface area (Å²) < 4.78 is 0. The number of nitrogens with one attached hydrogen (secondary N) is 3. The summed E-state index contributed by atoms with van der Waals surface area (Å²) in [5, 5.41) is 20.6. The van der Waals surface area contributed by atoms with E-state index in [4.69, 9.17) is 5.21 Å². The summed E-state index contributed by atoms with van der Waals surface area (Å²) in [6, 6.07) is 20.1. The van der Waals surface area contributed by atoms with Gasteiger partial charge in [-0.2, -0.15) is 5.10 Å². The van der Waals surface area contributed by atoms with Gasteiger partial charge in [0.25, 0.3) is 0 Å². The Hall–Kier alpha value is -3.62. The van der Waals surface area contributed by atoms with Crippen LogP contribution in [-0.2, 0) is 4.79 Å². The predicted molar refractivity (Wildman–Crippen MR) is 127 cm³/mol. The molecule has 0 aliphatic heterocycles. The second-order valence-corrected chi connectivity index (χ2v) is 8.18. The van der Waals surface area contributed by atoms with Crippen molar-refractivity contribution in [3.8, 4) is 0 Å². The Balaban J connectivity index is 1.45. The maximum Gasteiger partial charge on any atom is 0.243 e. The van der Waals surface area contributed by atoms with Crippen molar-refractivity contribution in [2.75, 3.05) is 11.9 Å². The average molecular weight is 446 g/mol. The summed E-state index contributed by atoms with van der Waals surface area (Å²) in [5.74, 6) is -0.378. The van der Waals surface area contributed by atoms with E-state index in [0.29, 0.717) is 13.0 Å². The molecular formula is C24H23N5O2S. The fourth-order valence-corrected chi connectivity index (χ4v) is 4.17. The molecule has 1 amide bonds. The first-order valence-electron chi connectivity index (χ1n) is 10.2. The average Bonchev–Trinajstić information content (AvgIpc) is 3.24. The van der Waals surface area contributed by atoms with E-state index in [9.17, 15) is 4.79 Å². The van der Waals surface area contributed by atoms with Gasteiger partial charge in [0.2, 0.25) is 5.91 Å². The molecule has 0 atom stereocenters. The molecule has 2 aromatic carbocycles. The quantitative estimate of drug-likeness (QED) is 0.165. The fraction of sp³-hybridized carbons (Fsp3) is 0.125. The van der Waals surface area contributed by atoms with E-state index in [-0.39, 0.29) is 12.3 Å². The number of hydrogen-bond acceptors (Lipinski definition) is 6. The van der Waals surface area contributed by atoms with E-state index >= 15 is 0 Å². The van der Waals surface area contributed by atoms with E-state index in [0.717, 1.165) is 37.8 Å². The van der Waals surface area contributed by atoms with E-state index in [1.807, 2.05) is 48.6 Å². The first-order valence-corrected chi connectivity index (χ1v) is 11.1. The summed E-state index contributed by atoms with van der Waals surface area (Å²) in [6.07, 6.45) is 6.58. The number of nitrogens with zero attached hydrogens (tertiary/aromatic N) is 2. The van der Waals surface area contributed by atoms with Crippen molar-refractivity contribution in [3.63, 3.8) is 0 Å². The molecule has 4 aromatic rings. The number of amides is 1. The molecule has 4 rings (SSSR count). The van der Waals surface area contributed by atoms with Crippen LogP contribution in [0.5, 0.6) is 0 Å². The molecule has 162 valence electrons. The molecule has 7 nitrogen and oxygen atoms in total. The van der Waals surface area contributed by atoms with Crippen LogP contribution in [0.25, 0.3) is 23.1 Å². The zero-order chi connectivity index (χ0) is 22.2. The summed E-state index contributed by atoms with van der Waals surface area (Å²) in [6.45, 7) is 0.635. The number of anilines is 1. The predicted octanol–water partition coefficient (Wildman–Crippen LogP) is 4.98. The van der Waals surface area contributed by atoms with Gasteiger partial charge in [0.1, 0.15) is 0 Å². The van der Waals surface area contributed by atoms with Crippen LogP contribution in [-0.4, -0.2) is 32.8 Å². The molecule has 0 bridgehead atoms. The molecule has 4 N–H and O–H groups in total. The molecule has 0 saturated heterocycles. The molecule has 2 aromatic heterocycles. The lowest BCUT2D eigenvalue weighted by molar-refractivity contribution is -0.129. The van der Waals surface area contributed by atoms with Gasteiger partial charge in [0.15, 0.2) is 0 Å². The highest BCUT2D eigenvalue weighted by atomic mass is 32.2. The summed E-state index contributed by atoms with van der Waals surface area (Å²) in [4.78, 5) is 17.6. The van der Waals surface area contributed by atoms with Crippen molar-refractivity contribution >= 4 is 46.4 Å². The molecule has 0 fully saturated rings. The van der Waals surface area contributed by atoms with E-state index in [2.05, 4.69) is 44.8 Å². The van der Waals surface area contributed by atoms with E-state index < -0.39 is 0 Å². The second-order valence-electron chi connectivity index (χ2n) is 7.07. The standard InChI is InChI=1S/C24H23N5O2S/c30-24(29-31)9-5-15-26-21-7-1-2-8-23(21)32-18-11-12-19-20(27-28-22(19)16-18)13-10-17-6-3-4-14-25-17/h1-4,6-8,10-14,16,26,31H,5,9,15H2,(H,27,28)(H,29,30). The van der Waals surface area contributed by atoms with Crippen LogP contribution in [0.15, 0.2) is 76.7 Å². The van der Waals surface area contributed by atoms with Crippen molar-refractivity contribution < 1.29 is 10.0 Å². The number of fused-ring (bicyclic) bond motifs is 1. The smallest absolute Gasteiger partial charge is 0.243 e. The first-order chi connectivity index (χ1) is 15.7. The Morgan fingerprint density at radius 1 is 1.09 bits per heavy atom. The zero-order valence-corrected chi connectivity index (χ0v) is 18.1. The van der Waals surface area contributed by atoms with Crippen molar-refractivity contribution in [1.29, 1.82) is 0 Å². The minimum atomic E-state index is -0.378. The van der Waals surface area contributed by atoms with Crippen LogP contribution in [0, 0.1) is 0 Å². The summed E-state index contributed by atoms with van der Waals surface area (Å²) in [7, 11) is 0. The molecule has 0 unspecified atom stereocenters. The monoisotopic (exact) mass is 445 g/mol. The Bertz CT molecular complexity index is 1220. The van der Waals surface area contributed by atoms with Crippen molar-refractivity contribution in [3.05, 3.63) is 78.2 Å². The van der Waals surface area contributed by atoms with Gasteiger partial charge in [-0.05, 0) is 61.0 Å². The Kier molecular flexibility index (Phi) is 7.16. The summed E-state index contributed by atoms with van der Waals surface area (Å²) in [5.41, 5.74) is 5.39. The second kappa shape index (κ2) is 10.6. The SMILES string of the molecule is O=C(CCCNc1ccccc1Sc1ccc2c(C=Cc3ccccn3)n[nH]c2c1)NO. The molecular weight excluding hydrogens is 422 g/mol. The normalized spacial score (nSPS) is 11.2. The van der Waals surface area contributed by atoms with Gasteiger partial charge in [-0.1, -0.05) is 30.0 Å². The van der Waals surface area contributed by atoms with Gasteiger partial charge < -0.3 is 5.32 Å². The van der Waals surface area contributed by atoms with Crippen molar-refractivity contribution in [2.45, 2.75) is 22.6 Å². The lowest BCUT2D eigenvalue weighted by atomic mass is 10.2. The highest BCUT2D eigenvalue weighted by Crippen LogP contribution is 2.35. The highest BCUT2D eigenvalue weighted by molar-refractivity contribution is 7.99. The number of hydroxylamine groups is 1. The number of carbonyl (C=O) groups is 1. The molecule has 32 heavy (non-hydrogen) atoms. The minimum Gasteiger partial charge on any atom is -0.384 e. The van der Waals surface area contributed by atoms with Gasteiger partial charge in [-0.15, -0.1) is 0 Å². The lowest BCUT2D eigenvalue weighted by Gasteiger charge is -2.11. The van der Waals surface area contributed by atoms with Crippen LogP contribution in [0.2, 0.25) is 0 Å². The number of para-hydroxylation sites is 1. The maximum atomic E-state index is 11.1. The van der Waals surface area contributed by atoms with Crippen LogP contribution in [0.1, 0.15) is 24.2 Å². The zero-order valence-electron chi connectivity index (χ0n) is 17.3. The van der Waals surface area contributed by atoms with Gasteiger partial charge in [0, 0.05) is 40.0 Å². The summed E-state index contributed by atoms with van der Waals surface area (Å²) >= 11 is 1.66. The van der Waals surface area contributed by atoms with Gasteiger partial charge in [0.05, 0.1) is 16.9 Å². The minimum absolute atomic E-state index is 0.270. The van der Waals surface area contributed by atoms with Crippen LogP contribution in [0.4, 0.5) is 5.69 Å². The Morgan fingerprint density at radius 2 is 1.97 bits per heavy atom. The van der Waals surface area contributed by atoms with Gasteiger partial charge in [-0.3, -0.25) is 20.1 Å². The number of aromatic nitrogens is 3. The number of aromatic amines is 1. The fourth-order valence-electron chi connectivity index (χ4n) is 3.21. The van der Waals surface area contributed by atoms with Crippen LogP contribution >= 0.6 is 11.8 Å². The maximum absolute atomic E-state index is 11.1. The van der Waals surface area contributed by atoms with Crippen molar-refractivity contribution in [2.24, 2.45) is 0 Å². The number of carbonyl (C=O) groups excluding carboxylic acids is 1. The molecule has 0 spiro atoms. The topological polar surface area (TPSA) is 103 Å². The number of benzene rings is 2. The van der Waals surface area contributed by atoms with E-state index in [1.165, 1.54) is 0 Å². The molecule has 0 saturated carbocycles. The first kappa shape index (κ1) is 21.6.